The summed E-state index contributed by atoms with van der Waals surface area (Å²) in [7, 11) is 1.22. The molecule has 2 amide bonds. The zero-order chi connectivity index (χ0) is 26.1. The van der Waals surface area contributed by atoms with Crippen LogP contribution >= 0.6 is 11.3 Å². The molecule has 0 aliphatic carbocycles. The maximum atomic E-state index is 13.0. The van der Waals surface area contributed by atoms with E-state index in [1.165, 1.54) is 18.4 Å². The van der Waals surface area contributed by atoms with E-state index in [9.17, 15) is 19.5 Å². The number of phenolic OH excluding ortho intramolecular Hbond substituents is 1. The van der Waals surface area contributed by atoms with E-state index in [2.05, 4.69) is 20.6 Å². The fraction of sp³-hybridized carbons (Fsp3) is 0.320. The summed E-state index contributed by atoms with van der Waals surface area (Å²) in [6, 6.07) is 9.63. The molecular formula is C25H29AsN4O5S. The van der Waals surface area contributed by atoms with Crippen molar-refractivity contribution in [1.82, 2.24) is 20.6 Å². The Morgan fingerprint density at radius 1 is 1.11 bits per heavy atom. The molecule has 2 atom stereocenters. The van der Waals surface area contributed by atoms with Gasteiger partial charge in [-0.3, -0.25) is 0 Å². The number of aromatic nitrogens is 2. The van der Waals surface area contributed by atoms with Gasteiger partial charge >= 0.3 is 209 Å². The van der Waals surface area contributed by atoms with Crippen molar-refractivity contribution in [3.05, 3.63) is 69.2 Å². The first-order valence-electron chi connectivity index (χ1n) is 11.4. The predicted molar refractivity (Wildman–Crippen MR) is 139 cm³/mol. The number of nitrogens with zero attached hydrogens (tertiary/aromatic N) is 2. The molecule has 3 aromatic rings. The average Bonchev–Trinajstić information content (AvgIpc) is 3.38. The average molecular weight is 573 g/mol. The molecule has 36 heavy (non-hydrogen) atoms. The Balaban J connectivity index is 1.59. The summed E-state index contributed by atoms with van der Waals surface area (Å²) >= 11 is 0.685. The molecule has 0 spiro atoms. The van der Waals surface area contributed by atoms with Gasteiger partial charge in [0.1, 0.15) is 0 Å². The second-order valence-electron chi connectivity index (χ2n) is 8.03. The Kier molecular flexibility index (Phi) is 10.0. The van der Waals surface area contributed by atoms with Gasteiger partial charge in [0, 0.05) is 0 Å². The molecule has 190 valence electrons. The molecular weight excluding hydrogens is 543 g/mol. The van der Waals surface area contributed by atoms with Gasteiger partial charge in [0.15, 0.2) is 0 Å². The van der Waals surface area contributed by atoms with Gasteiger partial charge in [0.25, 0.3) is 0 Å². The van der Waals surface area contributed by atoms with Crippen LogP contribution in [0.1, 0.15) is 43.4 Å². The first-order chi connectivity index (χ1) is 17.3. The van der Waals surface area contributed by atoms with Crippen LogP contribution in [0.15, 0.2) is 41.8 Å². The van der Waals surface area contributed by atoms with Crippen LogP contribution in [0, 0.1) is 13.8 Å². The predicted octanol–water partition coefficient (Wildman–Crippen LogP) is 1.67. The summed E-state index contributed by atoms with van der Waals surface area (Å²) in [4.78, 5) is 47.1. The van der Waals surface area contributed by atoms with Gasteiger partial charge in [-0.25, -0.2) is 0 Å². The summed E-state index contributed by atoms with van der Waals surface area (Å²) in [5, 5.41) is 17.6. The molecule has 0 aliphatic rings. The van der Waals surface area contributed by atoms with Crippen molar-refractivity contribution in [2.75, 3.05) is 13.7 Å². The zero-order valence-corrected chi connectivity index (χ0v) is 23.2. The van der Waals surface area contributed by atoms with E-state index in [4.69, 9.17) is 4.74 Å². The number of benzene rings is 1. The number of carbonyl (C=O) groups is 3. The van der Waals surface area contributed by atoms with Crippen LogP contribution in [0.5, 0.6) is 5.75 Å². The van der Waals surface area contributed by atoms with Crippen LogP contribution in [-0.2, 0) is 16.0 Å². The van der Waals surface area contributed by atoms with E-state index in [1.54, 1.807) is 43.5 Å². The number of amides is 2. The minimum atomic E-state index is -1.06. The van der Waals surface area contributed by atoms with Gasteiger partial charge < -0.3 is 0 Å². The molecule has 3 N–H and O–H groups in total. The van der Waals surface area contributed by atoms with Crippen LogP contribution < -0.4 is 15.2 Å². The number of rotatable bonds is 11. The standard InChI is InChI=1S/C25H29AsN4O5S/c1-15-21(16(2)29-25(28-15)26-11-5-8-17-7-4-9-18(31)13-17)23(33)30-19(24(34)35-3)14-27-22(32)20-10-6-12-36-20/h4,6-7,9-10,12-13,19,26,31H,5,8,11,14H2,1-3H3,(H,27,32)(H,30,33)/t19-/m0/s1. The summed E-state index contributed by atoms with van der Waals surface area (Å²) in [6.45, 7) is 3.38. The number of nitrogens with one attached hydrogen (secondary N) is 2. The molecule has 1 aromatic carbocycles. The summed E-state index contributed by atoms with van der Waals surface area (Å²) in [6.07, 6.45) is 1.83. The zero-order valence-electron chi connectivity index (χ0n) is 20.3. The van der Waals surface area contributed by atoms with E-state index < -0.39 is 33.7 Å². The molecule has 3 rings (SSSR count). The minimum absolute atomic E-state index is 0.113. The van der Waals surface area contributed by atoms with Crippen molar-refractivity contribution in [3.63, 3.8) is 0 Å². The molecule has 0 saturated carbocycles. The molecule has 9 nitrogen and oxygen atoms in total. The van der Waals surface area contributed by atoms with Crippen LogP contribution in [0.2, 0.25) is 5.21 Å². The molecule has 1 unspecified atom stereocenters. The van der Waals surface area contributed by atoms with Crippen molar-refractivity contribution in [2.45, 2.75) is 37.9 Å². The van der Waals surface area contributed by atoms with E-state index in [0.717, 1.165) is 28.2 Å². The third kappa shape index (κ3) is 7.63. The van der Waals surface area contributed by atoms with Crippen LogP contribution in [0.25, 0.3) is 0 Å². The summed E-state index contributed by atoms with van der Waals surface area (Å²) < 4.78 is 5.57. The van der Waals surface area contributed by atoms with Gasteiger partial charge in [-0.05, 0) is 5.38 Å². The van der Waals surface area contributed by atoms with Crippen LogP contribution in [-0.4, -0.2) is 68.3 Å². The number of carbonyl (C=O) groups excluding carboxylic acids is 3. The monoisotopic (exact) mass is 572 g/mol. The van der Waals surface area contributed by atoms with Crippen molar-refractivity contribution in [3.8, 4) is 5.75 Å². The van der Waals surface area contributed by atoms with Gasteiger partial charge in [-0.2, -0.15) is 0 Å². The van der Waals surface area contributed by atoms with Gasteiger partial charge in [0.2, 0.25) is 0 Å². The summed E-state index contributed by atoms with van der Waals surface area (Å²) in [5.41, 5.74) is 2.48. The number of esters is 1. The first kappa shape index (κ1) is 27.4. The molecule has 0 saturated heterocycles. The number of methoxy groups -OCH3 is 1. The van der Waals surface area contributed by atoms with Gasteiger partial charge in [-0.1, -0.05) is 6.07 Å². The van der Waals surface area contributed by atoms with E-state index in [1.807, 2.05) is 12.1 Å². The third-order valence-corrected chi connectivity index (χ3v) is 8.60. The molecule has 0 aliphatic heterocycles. The number of hydrogen-bond acceptors (Lipinski definition) is 8. The number of phenols is 1. The normalized spacial score (nSPS) is 11.9. The van der Waals surface area contributed by atoms with Crippen molar-refractivity contribution < 1.29 is 24.2 Å². The first-order valence-corrected chi connectivity index (χ1v) is 14.8. The maximum absolute atomic E-state index is 13.0. The molecule has 2 aromatic heterocycles. The number of aryl methyl sites for hydroxylation is 3. The second-order valence-corrected chi connectivity index (χ2v) is 11.7. The number of thiophene rings is 1. The SMILES string of the molecule is COC(=O)[C@H](CNC(=O)c1cccs1)NC(=O)c1c(C)nc([AsH]CCCc2cccc(O)c2)nc1C. The molecule has 11 heteroatoms. The Morgan fingerprint density at radius 2 is 1.86 bits per heavy atom. The van der Waals surface area contributed by atoms with Crippen LogP contribution in [0.3, 0.4) is 0 Å². The second kappa shape index (κ2) is 13.2. The number of aromatic hydroxyl groups is 1. The third-order valence-electron chi connectivity index (χ3n) is 5.34. The van der Waals surface area contributed by atoms with Gasteiger partial charge in [0.05, 0.1) is 0 Å². The van der Waals surface area contributed by atoms with E-state index in [-0.39, 0.29) is 18.2 Å². The summed E-state index contributed by atoms with van der Waals surface area (Å²) in [5.74, 6) is -1.23. The quantitative estimate of drug-likeness (QED) is 0.181. The Hall–Kier alpha value is -3.23. The fourth-order valence-electron chi connectivity index (χ4n) is 3.58. The van der Waals surface area contributed by atoms with Crippen molar-refractivity contribution in [1.29, 1.82) is 0 Å². The Labute approximate surface area is 220 Å². The van der Waals surface area contributed by atoms with Crippen molar-refractivity contribution >= 4 is 49.5 Å². The van der Waals surface area contributed by atoms with E-state index in [0.29, 0.717) is 21.8 Å². The Morgan fingerprint density at radius 3 is 2.50 bits per heavy atom. The Bertz CT molecular complexity index is 1200. The molecule has 0 fully saturated rings. The van der Waals surface area contributed by atoms with Crippen molar-refractivity contribution in [2.24, 2.45) is 0 Å². The van der Waals surface area contributed by atoms with Crippen LogP contribution in [0.4, 0.5) is 0 Å². The molecule has 2 heterocycles. The number of ether oxygens (including phenoxy) is 1. The van der Waals surface area contributed by atoms with Gasteiger partial charge in [-0.15, -0.1) is 0 Å². The fourth-order valence-corrected chi connectivity index (χ4v) is 6.47. The molecule has 0 radical (unpaired) electrons. The van der Waals surface area contributed by atoms with E-state index >= 15 is 0 Å². The topological polar surface area (TPSA) is 131 Å². The number of hydrogen-bond donors (Lipinski definition) is 3. The molecule has 0 bridgehead atoms.